The molecule has 2 rings (SSSR count). The maximum atomic E-state index is 4.63. The van der Waals surface area contributed by atoms with Crippen LogP contribution in [-0.2, 0) is 6.54 Å². The van der Waals surface area contributed by atoms with Gasteiger partial charge in [-0.2, -0.15) is 0 Å². The predicted octanol–water partition coefficient (Wildman–Crippen LogP) is 2.65. The van der Waals surface area contributed by atoms with Gasteiger partial charge >= 0.3 is 0 Å². The Morgan fingerprint density at radius 3 is 2.62 bits per heavy atom. The van der Waals surface area contributed by atoms with E-state index in [-0.39, 0.29) is 0 Å². The Kier molecular flexibility index (Phi) is 5.14. The van der Waals surface area contributed by atoms with E-state index in [1.54, 1.807) is 6.20 Å². The van der Waals surface area contributed by atoms with Gasteiger partial charge in [-0.1, -0.05) is 13.8 Å². The van der Waals surface area contributed by atoms with Gasteiger partial charge in [-0.25, -0.2) is 15.0 Å². The monoisotopic (exact) mass is 288 g/mol. The van der Waals surface area contributed by atoms with Crippen LogP contribution in [0.25, 0.3) is 0 Å². The molecule has 6 heteroatoms. The highest BCUT2D eigenvalue weighted by Crippen LogP contribution is 2.22. The van der Waals surface area contributed by atoms with Gasteiger partial charge < -0.3 is 15.2 Å². The highest BCUT2D eigenvalue weighted by atomic mass is 15.1. The van der Waals surface area contributed by atoms with Gasteiger partial charge in [0.05, 0.1) is 6.33 Å². The van der Waals surface area contributed by atoms with Crippen molar-refractivity contribution in [3.8, 4) is 0 Å². The topological polar surface area (TPSA) is 67.7 Å². The second-order valence-electron chi connectivity index (χ2n) is 5.39. The molecule has 0 amide bonds. The number of imidazole rings is 1. The van der Waals surface area contributed by atoms with Gasteiger partial charge in [0.2, 0.25) is 0 Å². The minimum Gasteiger partial charge on any atom is -0.373 e. The molecule has 0 unspecified atom stereocenters. The lowest BCUT2D eigenvalue weighted by molar-refractivity contribution is 0.659. The lowest BCUT2D eigenvalue weighted by atomic mass is 10.2. The van der Waals surface area contributed by atoms with Gasteiger partial charge in [-0.05, 0) is 13.3 Å². The van der Waals surface area contributed by atoms with E-state index < -0.39 is 0 Å². The number of nitrogens with zero attached hydrogens (tertiary/aromatic N) is 4. The van der Waals surface area contributed by atoms with Crippen molar-refractivity contribution in [2.45, 2.75) is 39.7 Å². The van der Waals surface area contributed by atoms with Gasteiger partial charge in [-0.3, -0.25) is 0 Å². The average Bonchev–Trinajstić information content (AvgIpc) is 2.98. The molecular weight excluding hydrogens is 264 g/mol. The molecule has 2 aromatic heterocycles. The summed E-state index contributed by atoms with van der Waals surface area (Å²) in [5, 5.41) is 6.56. The van der Waals surface area contributed by atoms with E-state index in [4.69, 9.17) is 0 Å². The number of rotatable bonds is 7. The van der Waals surface area contributed by atoms with Crippen LogP contribution in [0.5, 0.6) is 0 Å². The molecule has 0 saturated carbocycles. The zero-order chi connectivity index (χ0) is 15.2. The van der Waals surface area contributed by atoms with Crippen molar-refractivity contribution >= 4 is 11.6 Å². The van der Waals surface area contributed by atoms with Crippen LogP contribution >= 0.6 is 0 Å². The predicted molar refractivity (Wildman–Crippen MR) is 85.7 cm³/mol. The Hall–Kier alpha value is -2.11. The summed E-state index contributed by atoms with van der Waals surface area (Å²) >= 11 is 0. The molecule has 0 aliphatic rings. The number of hydrogen-bond donors (Lipinski definition) is 2. The summed E-state index contributed by atoms with van der Waals surface area (Å²) in [6.45, 7) is 8.07. The standard InChI is InChI=1S/C15H24N6/c1-11(2)13-19-14(16-4)12(3)15(20-13)18-6-5-8-21-9-7-17-10-21/h7,9-11H,5-6,8H2,1-4H3,(H2,16,18,19,20). The first-order chi connectivity index (χ1) is 10.1. The van der Waals surface area contributed by atoms with Gasteiger partial charge in [0.15, 0.2) is 0 Å². The van der Waals surface area contributed by atoms with Gasteiger partial charge in [0.1, 0.15) is 17.5 Å². The summed E-state index contributed by atoms with van der Waals surface area (Å²) in [6, 6.07) is 0. The van der Waals surface area contributed by atoms with E-state index in [1.807, 2.05) is 26.5 Å². The molecular formula is C15H24N6. The molecule has 2 aromatic rings. The Morgan fingerprint density at radius 2 is 2.00 bits per heavy atom. The van der Waals surface area contributed by atoms with Gasteiger partial charge in [-0.15, -0.1) is 0 Å². The third-order valence-electron chi connectivity index (χ3n) is 3.36. The van der Waals surface area contributed by atoms with Crippen LogP contribution in [0.15, 0.2) is 18.7 Å². The Bertz CT molecular complexity index is 562. The van der Waals surface area contributed by atoms with E-state index >= 15 is 0 Å². The second-order valence-corrected chi connectivity index (χ2v) is 5.39. The van der Waals surface area contributed by atoms with Crippen molar-refractivity contribution in [2.24, 2.45) is 0 Å². The maximum Gasteiger partial charge on any atom is 0.135 e. The number of nitrogens with one attached hydrogen (secondary N) is 2. The van der Waals surface area contributed by atoms with Crippen LogP contribution in [-0.4, -0.2) is 33.1 Å². The molecule has 6 nitrogen and oxygen atoms in total. The third kappa shape index (κ3) is 3.93. The fraction of sp³-hybridized carbons (Fsp3) is 0.533. The van der Waals surface area contributed by atoms with Crippen molar-refractivity contribution in [2.75, 3.05) is 24.2 Å². The van der Waals surface area contributed by atoms with Crippen LogP contribution < -0.4 is 10.6 Å². The molecule has 0 fully saturated rings. The highest BCUT2D eigenvalue weighted by Gasteiger charge is 2.11. The molecule has 114 valence electrons. The van der Waals surface area contributed by atoms with Crippen LogP contribution in [0.1, 0.15) is 37.6 Å². The first kappa shape index (κ1) is 15.3. The largest absolute Gasteiger partial charge is 0.373 e. The lowest BCUT2D eigenvalue weighted by Gasteiger charge is -2.15. The Balaban J connectivity index is 1.99. The Labute approximate surface area is 126 Å². The van der Waals surface area contributed by atoms with Crippen molar-refractivity contribution in [3.63, 3.8) is 0 Å². The molecule has 0 atom stereocenters. The molecule has 2 N–H and O–H groups in total. The Morgan fingerprint density at radius 1 is 1.24 bits per heavy atom. The minimum atomic E-state index is 0.309. The fourth-order valence-corrected chi connectivity index (χ4v) is 2.10. The molecule has 0 aromatic carbocycles. The number of aromatic nitrogens is 4. The summed E-state index contributed by atoms with van der Waals surface area (Å²) in [5.74, 6) is 2.99. The summed E-state index contributed by atoms with van der Waals surface area (Å²) in [5.41, 5.74) is 1.06. The quantitative estimate of drug-likeness (QED) is 0.767. The minimum absolute atomic E-state index is 0.309. The van der Waals surface area contributed by atoms with E-state index in [0.29, 0.717) is 5.92 Å². The van der Waals surface area contributed by atoms with E-state index in [0.717, 1.165) is 42.5 Å². The smallest absolute Gasteiger partial charge is 0.135 e. The average molecular weight is 288 g/mol. The normalized spacial score (nSPS) is 10.9. The van der Waals surface area contributed by atoms with Gasteiger partial charge in [0.25, 0.3) is 0 Å². The van der Waals surface area contributed by atoms with Crippen LogP contribution in [0.4, 0.5) is 11.6 Å². The zero-order valence-electron chi connectivity index (χ0n) is 13.2. The summed E-state index contributed by atoms with van der Waals surface area (Å²) in [7, 11) is 1.89. The van der Waals surface area contributed by atoms with E-state index in [2.05, 4.69) is 44.0 Å². The zero-order valence-corrected chi connectivity index (χ0v) is 13.2. The van der Waals surface area contributed by atoms with E-state index in [9.17, 15) is 0 Å². The summed E-state index contributed by atoms with van der Waals surface area (Å²) in [6.07, 6.45) is 6.64. The van der Waals surface area contributed by atoms with Crippen LogP contribution in [0, 0.1) is 6.92 Å². The fourth-order valence-electron chi connectivity index (χ4n) is 2.10. The molecule has 0 saturated heterocycles. The molecule has 0 aliphatic heterocycles. The first-order valence-electron chi connectivity index (χ1n) is 7.37. The summed E-state index contributed by atoms with van der Waals surface area (Å²) < 4.78 is 2.08. The van der Waals surface area contributed by atoms with Crippen LogP contribution in [0.3, 0.4) is 0 Å². The third-order valence-corrected chi connectivity index (χ3v) is 3.36. The first-order valence-corrected chi connectivity index (χ1v) is 7.37. The molecule has 0 spiro atoms. The summed E-state index contributed by atoms with van der Waals surface area (Å²) in [4.78, 5) is 13.2. The van der Waals surface area contributed by atoms with E-state index in [1.165, 1.54) is 0 Å². The molecule has 0 bridgehead atoms. The van der Waals surface area contributed by atoms with Crippen molar-refractivity contribution in [1.82, 2.24) is 19.5 Å². The van der Waals surface area contributed by atoms with Crippen LogP contribution in [0.2, 0.25) is 0 Å². The number of anilines is 2. The van der Waals surface area contributed by atoms with Crippen molar-refractivity contribution in [1.29, 1.82) is 0 Å². The molecule has 2 heterocycles. The SMILES string of the molecule is CNc1nc(C(C)C)nc(NCCCn2ccnc2)c1C. The van der Waals surface area contributed by atoms with Crippen molar-refractivity contribution in [3.05, 3.63) is 30.1 Å². The number of hydrogen-bond acceptors (Lipinski definition) is 5. The molecule has 0 aliphatic carbocycles. The lowest BCUT2D eigenvalue weighted by Crippen LogP contribution is -2.12. The number of aryl methyl sites for hydroxylation is 1. The van der Waals surface area contributed by atoms with Gasteiger partial charge in [0, 0.05) is 44.0 Å². The second kappa shape index (κ2) is 7.06. The highest BCUT2D eigenvalue weighted by molar-refractivity contribution is 5.57. The molecule has 0 radical (unpaired) electrons. The van der Waals surface area contributed by atoms with Crippen molar-refractivity contribution < 1.29 is 0 Å². The molecule has 21 heavy (non-hydrogen) atoms. The maximum absolute atomic E-state index is 4.63.